The maximum absolute atomic E-state index is 10.9. The van der Waals surface area contributed by atoms with Crippen molar-refractivity contribution in [3.63, 3.8) is 0 Å². The lowest BCUT2D eigenvalue weighted by Gasteiger charge is -2.36. The van der Waals surface area contributed by atoms with E-state index in [-0.39, 0.29) is 5.97 Å². The monoisotopic (exact) mass is 143 g/mol. The Hall–Kier alpha value is -0.545. The van der Waals surface area contributed by atoms with Crippen molar-refractivity contribution in [2.24, 2.45) is 5.90 Å². The van der Waals surface area contributed by atoms with Gasteiger partial charge in [-0.05, 0) is 19.3 Å². The Morgan fingerprint density at radius 2 is 2.20 bits per heavy atom. The summed E-state index contributed by atoms with van der Waals surface area (Å²) in [5.41, 5.74) is -0.811. The third kappa shape index (κ3) is 0.912. The van der Waals surface area contributed by atoms with E-state index in [0.29, 0.717) is 12.8 Å². The topological polar surface area (TPSA) is 61.5 Å². The van der Waals surface area contributed by atoms with Crippen LogP contribution in [0.25, 0.3) is 0 Å². The van der Waals surface area contributed by atoms with Crippen molar-refractivity contribution in [3.8, 4) is 0 Å². The molecule has 4 nitrogen and oxygen atoms in total. The maximum atomic E-state index is 10.9. The molecule has 2 N–H and O–H groups in total. The van der Waals surface area contributed by atoms with E-state index in [2.05, 4.69) is 9.49 Å². The molecular formula is C5H10BNO3. The average molecular weight is 143 g/mol. The van der Waals surface area contributed by atoms with Crippen LogP contribution < -0.4 is 5.90 Å². The number of nitrogens with two attached hydrogens (primary N) is 1. The Kier molecular flexibility index (Phi) is 1.96. The summed E-state index contributed by atoms with van der Waals surface area (Å²) in [4.78, 5) is 15.5. The molecular weight excluding hydrogens is 133 g/mol. The van der Waals surface area contributed by atoms with Crippen LogP contribution in [0.4, 0.5) is 0 Å². The molecule has 0 spiro atoms. The van der Waals surface area contributed by atoms with Gasteiger partial charge in [-0.15, -0.1) is 0 Å². The number of hydrogen-bond donors (Lipinski definition) is 1. The molecule has 10 heavy (non-hydrogen) atoms. The molecule has 0 aromatic rings. The van der Waals surface area contributed by atoms with Crippen molar-refractivity contribution < 1.29 is 14.3 Å². The van der Waals surface area contributed by atoms with Crippen LogP contribution in [0.2, 0.25) is 0 Å². The molecule has 0 unspecified atom stereocenters. The molecule has 0 aliphatic heterocycles. The summed E-state index contributed by atoms with van der Waals surface area (Å²) < 4.78 is 4.50. The van der Waals surface area contributed by atoms with Gasteiger partial charge in [0.2, 0.25) is 0 Å². The zero-order valence-corrected chi connectivity index (χ0v) is 5.92. The van der Waals surface area contributed by atoms with Crippen LogP contribution in [-0.4, -0.2) is 19.6 Å². The molecule has 0 aromatic carbocycles. The highest BCUT2D eigenvalue weighted by atomic mass is 16.7. The third-order valence-corrected chi connectivity index (χ3v) is 1.94. The minimum Gasteiger partial charge on any atom is -0.541 e. The van der Waals surface area contributed by atoms with Gasteiger partial charge in [0.1, 0.15) is 0 Å². The van der Waals surface area contributed by atoms with Crippen LogP contribution >= 0.6 is 0 Å². The fourth-order valence-corrected chi connectivity index (χ4v) is 1.05. The lowest BCUT2D eigenvalue weighted by molar-refractivity contribution is -0.176. The van der Waals surface area contributed by atoms with Crippen LogP contribution in [0.5, 0.6) is 0 Å². The first-order valence-corrected chi connectivity index (χ1v) is 3.21. The van der Waals surface area contributed by atoms with Crippen molar-refractivity contribution in [2.45, 2.75) is 24.9 Å². The zero-order chi connectivity index (χ0) is 7.61. The molecule has 0 atom stereocenters. The molecule has 1 aliphatic carbocycles. The van der Waals surface area contributed by atoms with Crippen LogP contribution in [0.1, 0.15) is 19.3 Å². The van der Waals surface area contributed by atoms with Gasteiger partial charge in [-0.25, -0.2) is 5.90 Å². The minimum absolute atomic E-state index is 0.360. The molecule has 1 aliphatic rings. The van der Waals surface area contributed by atoms with Crippen molar-refractivity contribution in [2.75, 3.05) is 0 Å². The lowest BCUT2D eigenvalue weighted by Crippen LogP contribution is -2.50. The van der Waals surface area contributed by atoms with Crippen molar-refractivity contribution in [1.82, 2.24) is 0 Å². The Morgan fingerprint density at radius 3 is 2.30 bits per heavy atom. The van der Waals surface area contributed by atoms with Crippen molar-refractivity contribution in [3.05, 3.63) is 0 Å². The average Bonchev–Trinajstić information content (AvgIpc) is 1.86. The maximum Gasteiger partial charge on any atom is 0.326 e. The van der Waals surface area contributed by atoms with Gasteiger partial charge in [-0.3, -0.25) is 9.63 Å². The van der Waals surface area contributed by atoms with E-state index in [1.54, 1.807) is 0 Å². The second-order valence-corrected chi connectivity index (χ2v) is 2.46. The molecule has 1 fully saturated rings. The van der Waals surface area contributed by atoms with E-state index in [9.17, 15) is 4.79 Å². The number of hydrogen-bond acceptors (Lipinski definition) is 4. The lowest BCUT2D eigenvalue weighted by atomic mass is 9.80. The van der Waals surface area contributed by atoms with E-state index in [0.717, 1.165) is 6.42 Å². The van der Waals surface area contributed by atoms with E-state index >= 15 is 0 Å². The molecule has 0 heterocycles. The molecule has 0 bridgehead atoms. The fourth-order valence-electron chi connectivity index (χ4n) is 1.05. The summed E-state index contributed by atoms with van der Waals surface area (Å²) >= 11 is 0. The number of rotatable bonds is 2. The SMILES string of the molecule is BOC(=O)C1(ON)CCC1. The van der Waals surface area contributed by atoms with Crippen LogP contribution in [0.3, 0.4) is 0 Å². The van der Waals surface area contributed by atoms with Gasteiger partial charge in [0.25, 0.3) is 0 Å². The first-order chi connectivity index (χ1) is 4.75. The predicted octanol–water partition coefficient (Wildman–Crippen LogP) is -1.11. The smallest absolute Gasteiger partial charge is 0.326 e. The summed E-state index contributed by atoms with van der Waals surface area (Å²) in [6.45, 7) is 0. The van der Waals surface area contributed by atoms with Crippen LogP contribution in [0.15, 0.2) is 0 Å². The first kappa shape index (κ1) is 7.56. The highest BCUT2D eigenvalue weighted by Gasteiger charge is 2.46. The molecule has 5 heteroatoms. The highest BCUT2D eigenvalue weighted by molar-refractivity contribution is 6.07. The van der Waals surface area contributed by atoms with Gasteiger partial charge in [0.05, 0.1) is 0 Å². The van der Waals surface area contributed by atoms with Gasteiger partial charge < -0.3 is 4.65 Å². The number of carbonyl (C=O) groups excluding carboxylic acids is 1. The van der Waals surface area contributed by atoms with Crippen LogP contribution in [-0.2, 0) is 14.3 Å². The molecule has 56 valence electrons. The summed E-state index contributed by atoms with van der Waals surface area (Å²) in [5, 5.41) is 0. The molecule has 0 amide bonds. The zero-order valence-electron chi connectivity index (χ0n) is 5.92. The summed E-state index contributed by atoms with van der Waals surface area (Å²) in [6, 6.07) is 0. The Labute approximate surface area is 60.1 Å². The standard InChI is InChI=1S/C5H10BNO3/c6-9-4(8)5(10-7)2-1-3-5/h1-3,6-7H2. The third-order valence-electron chi connectivity index (χ3n) is 1.94. The second kappa shape index (κ2) is 2.60. The molecule has 0 saturated heterocycles. The second-order valence-electron chi connectivity index (χ2n) is 2.46. The van der Waals surface area contributed by atoms with Gasteiger partial charge in [-0.1, -0.05) is 0 Å². The summed E-state index contributed by atoms with van der Waals surface area (Å²) in [5.74, 6) is 4.58. The van der Waals surface area contributed by atoms with E-state index in [1.807, 2.05) is 0 Å². The molecule has 1 saturated carbocycles. The predicted molar refractivity (Wildman–Crippen MR) is 36.5 cm³/mol. The van der Waals surface area contributed by atoms with Gasteiger partial charge in [0.15, 0.2) is 5.60 Å². The normalized spacial score (nSPS) is 21.3. The minimum atomic E-state index is -0.811. The Bertz CT molecular complexity index is 140. The van der Waals surface area contributed by atoms with E-state index in [1.165, 1.54) is 8.05 Å². The number of carbonyl (C=O) groups is 1. The van der Waals surface area contributed by atoms with E-state index in [4.69, 9.17) is 5.90 Å². The quantitative estimate of drug-likeness (QED) is 0.393. The van der Waals surface area contributed by atoms with Gasteiger partial charge >= 0.3 is 14.0 Å². The Morgan fingerprint density at radius 1 is 1.60 bits per heavy atom. The summed E-state index contributed by atoms with van der Waals surface area (Å²) in [6.07, 6.45) is 2.33. The van der Waals surface area contributed by atoms with Crippen molar-refractivity contribution in [1.29, 1.82) is 0 Å². The Balaban J connectivity index is 2.55. The van der Waals surface area contributed by atoms with E-state index < -0.39 is 5.60 Å². The highest BCUT2D eigenvalue weighted by Crippen LogP contribution is 2.34. The summed E-state index contributed by atoms with van der Waals surface area (Å²) in [7, 11) is 1.33. The van der Waals surface area contributed by atoms with Gasteiger partial charge in [-0.2, -0.15) is 0 Å². The van der Waals surface area contributed by atoms with Crippen molar-refractivity contribution >= 4 is 14.0 Å². The van der Waals surface area contributed by atoms with Crippen LogP contribution in [0, 0.1) is 0 Å². The largest absolute Gasteiger partial charge is 0.541 e. The molecule has 0 aromatic heterocycles. The molecule has 1 rings (SSSR count). The first-order valence-electron chi connectivity index (χ1n) is 3.21. The molecule has 0 radical (unpaired) electrons. The fraction of sp³-hybridized carbons (Fsp3) is 0.800. The van der Waals surface area contributed by atoms with Gasteiger partial charge in [0, 0.05) is 0 Å².